The van der Waals surface area contributed by atoms with E-state index in [1.807, 2.05) is 12.1 Å². The summed E-state index contributed by atoms with van der Waals surface area (Å²) in [6, 6.07) is 6.10. The van der Waals surface area contributed by atoms with Crippen molar-refractivity contribution in [3.63, 3.8) is 0 Å². The number of ether oxygens (including phenoxy) is 2. The van der Waals surface area contributed by atoms with E-state index in [1.54, 1.807) is 0 Å². The minimum Gasteiger partial charge on any atom is -0.458 e. The van der Waals surface area contributed by atoms with E-state index in [0.29, 0.717) is 23.5 Å². The maximum atomic E-state index is 11.5. The van der Waals surface area contributed by atoms with Crippen molar-refractivity contribution in [2.24, 2.45) is 17.3 Å². The van der Waals surface area contributed by atoms with Gasteiger partial charge in [-0.25, -0.2) is 0 Å². The molecule has 1 aromatic rings. The van der Waals surface area contributed by atoms with Crippen molar-refractivity contribution < 1.29 is 19.1 Å². The van der Waals surface area contributed by atoms with Crippen LogP contribution in [0.3, 0.4) is 0 Å². The van der Waals surface area contributed by atoms with Gasteiger partial charge in [-0.15, -0.1) is 0 Å². The first-order chi connectivity index (χ1) is 12.4. The molecule has 1 saturated carbocycles. The van der Waals surface area contributed by atoms with E-state index in [9.17, 15) is 9.59 Å². The molecular weight excluding hydrogens is 328 g/mol. The summed E-state index contributed by atoms with van der Waals surface area (Å²) in [5, 5.41) is 0. The summed E-state index contributed by atoms with van der Waals surface area (Å²) in [5.41, 5.74) is 2.73. The van der Waals surface area contributed by atoms with Crippen molar-refractivity contribution >= 4 is 11.9 Å². The first-order valence-electron chi connectivity index (χ1n) is 9.55. The molecule has 5 atom stereocenters. The summed E-state index contributed by atoms with van der Waals surface area (Å²) < 4.78 is 10.9. The molecule has 1 fully saturated rings. The van der Waals surface area contributed by atoms with Crippen LogP contribution in [-0.4, -0.2) is 18.0 Å². The summed E-state index contributed by atoms with van der Waals surface area (Å²) in [6.07, 6.45) is 8.59. The molecule has 4 rings (SSSR count). The first-order valence-corrected chi connectivity index (χ1v) is 9.55. The number of hydrogen-bond acceptors (Lipinski definition) is 4. The highest BCUT2D eigenvalue weighted by molar-refractivity contribution is 5.69. The molecule has 4 unspecified atom stereocenters. The summed E-state index contributed by atoms with van der Waals surface area (Å²) >= 11 is 0. The Labute approximate surface area is 154 Å². The van der Waals surface area contributed by atoms with Crippen molar-refractivity contribution in [1.29, 1.82) is 0 Å². The lowest BCUT2D eigenvalue weighted by atomic mass is 9.55. The Morgan fingerprint density at radius 1 is 1.12 bits per heavy atom. The number of rotatable bonds is 2. The van der Waals surface area contributed by atoms with Gasteiger partial charge in [-0.3, -0.25) is 9.59 Å². The number of carbonyl (C=O) groups is 2. The third-order valence-electron chi connectivity index (χ3n) is 6.69. The number of allylic oxidation sites excluding steroid dienone is 1. The van der Waals surface area contributed by atoms with Crippen LogP contribution in [0.4, 0.5) is 0 Å². The largest absolute Gasteiger partial charge is 0.458 e. The van der Waals surface area contributed by atoms with E-state index in [1.165, 1.54) is 25.0 Å². The van der Waals surface area contributed by atoms with E-state index in [4.69, 9.17) is 9.47 Å². The van der Waals surface area contributed by atoms with E-state index >= 15 is 0 Å². The van der Waals surface area contributed by atoms with Crippen molar-refractivity contribution in [2.75, 3.05) is 0 Å². The lowest BCUT2D eigenvalue weighted by Crippen LogP contribution is -2.45. The Morgan fingerprint density at radius 2 is 1.92 bits per heavy atom. The van der Waals surface area contributed by atoms with E-state index in [0.717, 1.165) is 25.7 Å². The Hall–Kier alpha value is -2.10. The number of hydrogen-bond donors (Lipinski definition) is 0. The fraction of sp³-hybridized carbons (Fsp3) is 0.545. The number of esters is 2. The monoisotopic (exact) mass is 354 g/mol. The highest BCUT2D eigenvalue weighted by Gasteiger charge is 2.53. The molecule has 0 N–H and O–H groups in total. The predicted octanol–water partition coefficient (Wildman–Crippen LogP) is 4.18. The average molecular weight is 354 g/mol. The summed E-state index contributed by atoms with van der Waals surface area (Å²) in [5.74, 6) is 1.73. The third kappa shape index (κ3) is 2.76. The number of fused-ring (bicyclic) bond motifs is 5. The van der Waals surface area contributed by atoms with Crippen LogP contribution in [0.25, 0.3) is 0 Å². The van der Waals surface area contributed by atoms with Gasteiger partial charge >= 0.3 is 11.9 Å². The molecule has 0 spiro atoms. The van der Waals surface area contributed by atoms with Crippen molar-refractivity contribution in [2.45, 2.75) is 58.5 Å². The van der Waals surface area contributed by atoms with Crippen LogP contribution in [0.15, 0.2) is 30.4 Å². The van der Waals surface area contributed by atoms with Gasteiger partial charge in [0.25, 0.3) is 0 Å². The summed E-state index contributed by atoms with van der Waals surface area (Å²) in [4.78, 5) is 22.7. The molecule has 0 aliphatic heterocycles. The molecule has 0 heterocycles. The second kappa shape index (κ2) is 6.26. The Kier molecular flexibility index (Phi) is 4.17. The second-order valence-electron chi connectivity index (χ2n) is 8.25. The SMILES string of the molecule is CC(=O)Oc1ccc2c(c1)CCC1C2CC[C@]2(C)C(OC(C)=O)C=CC12. The lowest BCUT2D eigenvalue weighted by molar-refractivity contribution is -0.152. The Balaban J connectivity index is 1.59. The first kappa shape index (κ1) is 17.3. The van der Waals surface area contributed by atoms with Gasteiger partial charge in [-0.2, -0.15) is 0 Å². The van der Waals surface area contributed by atoms with Crippen LogP contribution < -0.4 is 4.74 Å². The van der Waals surface area contributed by atoms with Crippen molar-refractivity contribution in [3.05, 3.63) is 41.5 Å². The minimum atomic E-state index is -0.278. The van der Waals surface area contributed by atoms with E-state index < -0.39 is 0 Å². The van der Waals surface area contributed by atoms with Crippen LogP contribution in [0.2, 0.25) is 0 Å². The molecule has 4 nitrogen and oxygen atoms in total. The number of carbonyl (C=O) groups excluding carboxylic acids is 2. The number of benzene rings is 1. The zero-order valence-corrected chi connectivity index (χ0v) is 15.7. The molecule has 1 aromatic carbocycles. The van der Waals surface area contributed by atoms with Crippen molar-refractivity contribution in [3.8, 4) is 5.75 Å². The summed E-state index contributed by atoms with van der Waals surface area (Å²) in [6.45, 7) is 5.21. The minimum absolute atomic E-state index is 0.0159. The van der Waals surface area contributed by atoms with Crippen LogP contribution in [0, 0.1) is 17.3 Å². The van der Waals surface area contributed by atoms with Gasteiger partial charge in [0.15, 0.2) is 0 Å². The van der Waals surface area contributed by atoms with Crippen LogP contribution >= 0.6 is 0 Å². The normalized spacial score (nSPS) is 34.4. The average Bonchev–Trinajstić information content (AvgIpc) is 2.90. The van der Waals surface area contributed by atoms with E-state index in [2.05, 4.69) is 25.1 Å². The van der Waals surface area contributed by atoms with Gasteiger partial charge in [-0.1, -0.05) is 19.1 Å². The van der Waals surface area contributed by atoms with Crippen molar-refractivity contribution in [1.82, 2.24) is 0 Å². The number of aryl methyl sites for hydroxylation is 1. The molecule has 26 heavy (non-hydrogen) atoms. The van der Waals surface area contributed by atoms with Gasteiger partial charge in [0.05, 0.1) is 0 Å². The molecule has 0 radical (unpaired) electrons. The molecule has 0 saturated heterocycles. The lowest BCUT2D eigenvalue weighted by Gasteiger charge is -2.50. The van der Waals surface area contributed by atoms with Gasteiger partial charge < -0.3 is 9.47 Å². The highest BCUT2D eigenvalue weighted by atomic mass is 16.5. The quantitative estimate of drug-likeness (QED) is 0.454. The molecule has 3 aliphatic rings. The van der Waals surface area contributed by atoms with Crippen LogP contribution in [0.1, 0.15) is 57.1 Å². The van der Waals surface area contributed by atoms with Gasteiger partial charge in [0.1, 0.15) is 11.9 Å². The molecule has 0 aromatic heterocycles. The topological polar surface area (TPSA) is 52.6 Å². The second-order valence-corrected chi connectivity index (χ2v) is 8.25. The molecule has 3 aliphatic carbocycles. The molecule has 4 heteroatoms. The molecule has 0 amide bonds. The maximum Gasteiger partial charge on any atom is 0.308 e. The molecule has 138 valence electrons. The fourth-order valence-corrected chi connectivity index (χ4v) is 5.55. The van der Waals surface area contributed by atoms with Crippen LogP contribution in [-0.2, 0) is 20.7 Å². The Morgan fingerprint density at radius 3 is 2.65 bits per heavy atom. The van der Waals surface area contributed by atoms with Crippen LogP contribution in [0.5, 0.6) is 5.75 Å². The predicted molar refractivity (Wildman–Crippen MR) is 97.8 cm³/mol. The standard InChI is InChI=1S/C22H26O4/c1-13(23)25-16-5-7-17-15(12-16)4-6-19-18(17)10-11-22(3)20(19)8-9-21(22)26-14(2)24/h5,7-9,12,18-21H,4,6,10-11H2,1-3H3/t18?,19?,20?,21?,22-/m0/s1. The zero-order chi connectivity index (χ0) is 18.5. The van der Waals surface area contributed by atoms with Gasteiger partial charge in [0, 0.05) is 19.3 Å². The molecular formula is C22H26O4. The van der Waals surface area contributed by atoms with Gasteiger partial charge in [-0.05, 0) is 72.8 Å². The fourth-order valence-electron chi connectivity index (χ4n) is 5.55. The highest BCUT2D eigenvalue weighted by Crippen LogP contribution is 2.59. The zero-order valence-electron chi connectivity index (χ0n) is 15.7. The summed E-state index contributed by atoms with van der Waals surface area (Å²) in [7, 11) is 0. The van der Waals surface area contributed by atoms with Gasteiger partial charge in [0.2, 0.25) is 0 Å². The third-order valence-corrected chi connectivity index (χ3v) is 6.69. The smallest absolute Gasteiger partial charge is 0.308 e. The Bertz CT molecular complexity index is 780. The van der Waals surface area contributed by atoms with E-state index in [-0.39, 0.29) is 23.5 Å². The maximum absolute atomic E-state index is 11.5. The molecule has 0 bridgehead atoms.